The molecule has 0 aromatic carbocycles. The fourth-order valence-corrected chi connectivity index (χ4v) is 0.988. The van der Waals surface area contributed by atoms with E-state index in [9.17, 15) is 5.11 Å². The van der Waals surface area contributed by atoms with E-state index >= 15 is 0 Å². The van der Waals surface area contributed by atoms with Crippen molar-refractivity contribution < 1.29 is 14.6 Å². The van der Waals surface area contributed by atoms with Crippen molar-refractivity contribution in [3.05, 3.63) is 0 Å². The molecule has 0 bridgehead atoms. The molecular weight excluding hydrogens is 204 g/mol. The summed E-state index contributed by atoms with van der Waals surface area (Å²) >= 11 is 0. The molecule has 0 aliphatic rings. The summed E-state index contributed by atoms with van der Waals surface area (Å²) in [5, 5.41) is 9.54. The first-order valence-corrected chi connectivity index (χ1v) is 5.97. The summed E-state index contributed by atoms with van der Waals surface area (Å²) in [4.78, 5) is 0. The van der Waals surface area contributed by atoms with Gasteiger partial charge in [0.2, 0.25) is 0 Å². The van der Waals surface area contributed by atoms with Crippen LogP contribution in [-0.2, 0) is 9.47 Å². The highest BCUT2D eigenvalue weighted by atomic mass is 16.5. The minimum Gasteiger partial charge on any atom is -0.388 e. The molecule has 0 spiro atoms. The van der Waals surface area contributed by atoms with E-state index in [-0.39, 0.29) is 17.6 Å². The van der Waals surface area contributed by atoms with Crippen LogP contribution >= 0.6 is 0 Å². The summed E-state index contributed by atoms with van der Waals surface area (Å²) in [6.45, 7) is 14.9. The third-order valence-electron chi connectivity index (χ3n) is 2.14. The van der Waals surface area contributed by atoms with Crippen LogP contribution in [0, 0.1) is 5.41 Å². The summed E-state index contributed by atoms with van der Waals surface area (Å²) in [5.41, 5.74) is -0.609. The third kappa shape index (κ3) is 9.13. The second-order valence-corrected chi connectivity index (χ2v) is 6.41. The van der Waals surface area contributed by atoms with Crippen LogP contribution in [0.5, 0.6) is 0 Å². The van der Waals surface area contributed by atoms with Crippen molar-refractivity contribution in [3.8, 4) is 0 Å². The number of hydrogen-bond acceptors (Lipinski definition) is 3. The Balaban J connectivity index is 3.86. The normalized spacial score (nSPS) is 17.2. The lowest BCUT2D eigenvalue weighted by Gasteiger charge is -2.27. The molecule has 3 nitrogen and oxygen atoms in total. The molecule has 0 aromatic rings. The monoisotopic (exact) mass is 232 g/mol. The van der Waals surface area contributed by atoms with Crippen LogP contribution in [0.3, 0.4) is 0 Å². The van der Waals surface area contributed by atoms with Gasteiger partial charge in [-0.25, -0.2) is 0 Å². The number of aliphatic hydroxyl groups is 1. The van der Waals surface area contributed by atoms with Crippen LogP contribution in [0.1, 0.15) is 48.5 Å². The first-order chi connectivity index (χ1) is 7.01. The van der Waals surface area contributed by atoms with Crippen molar-refractivity contribution in [3.63, 3.8) is 0 Å². The number of hydrogen-bond donors (Lipinski definition) is 1. The zero-order valence-electron chi connectivity index (χ0n) is 11.8. The molecule has 0 heterocycles. The molecule has 2 atom stereocenters. The van der Waals surface area contributed by atoms with Gasteiger partial charge in [0.1, 0.15) is 0 Å². The zero-order valence-corrected chi connectivity index (χ0v) is 11.8. The first kappa shape index (κ1) is 15.9. The molecule has 0 aliphatic carbocycles. The van der Waals surface area contributed by atoms with Gasteiger partial charge < -0.3 is 14.6 Å². The molecule has 3 heteroatoms. The van der Waals surface area contributed by atoms with Crippen LogP contribution in [-0.4, -0.2) is 36.1 Å². The van der Waals surface area contributed by atoms with Crippen LogP contribution in [0.2, 0.25) is 0 Å². The quantitative estimate of drug-likeness (QED) is 0.765. The standard InChI is InChI=1S/C13H28O3/c1-10(15-8-12(3,4)5)11(2)16-9-13(6,7)14/h10-11,14H,8-9H2,1-7H3. The van der Waals surface area contributed by atoms with Gasteiger partial charge in [0.25, 0.3) is 0 Å². The van der Waals surface area contributed by atoms with Gasteiger partial charge in [-0.1, -0.05) is 20.8 Å². The molecule has 16 heavy (non-hydrogen) atoms. The maximum Gasteiger partial charge on any atom is 0.0824 e. The minimum atomic E-state index is -0.780. The van der Waals surface area contributed by atoms with Crippen molar-refractivity contribution in [1.29, 1.82) is 0 Å². The van der Waals surface area contributed by atoms with Crippen molar-refractivity contribution in [1.82, 2.24) is 0 Å². The Morgan fingerprint density at radius 3 is 1.56 bits per heavy atom. The number of rotatable bonds is 6. The van der Waals surface area contributed by atoms with E-state index in [1.807, 2.05) is 13.8 Å². The highest BCUT2D eigenvalue weighted by Crippen LogP contribution is 2.16. The largest absolute Gasteiger partial charge is 0.388 e. The molecule has 1 N–H and O–H groups in total. The van der Waals surface area contributed by atoms with Gasteiger partial charge in [-0.15, -0.1) is 0 Å². The third-order valence-corrected chi connectivity index (χ3v) is 2.14. The van der Waals surface area contributed by atoms with E-state index in [2.05, 4.69) is 20.8 Å². The molecule has 98 valence electrons. The molecule has 0 rings (SSSR count). The smallest absolute Gasteiger partial charge is 0.0824 e. The van der Waals surface area contributed by atoms with Gasteiger partial charge in [-0.05, 0) is 33.1 Å². The lowest BCUT2D eigenvalue weighted by atomic mass is 9.98. The summed E-state index contributed by atoms with van der Waals surface area (Å²) in [6, 6.07) is 0. The minimum absolute atomic E-state index is 0.00576. The van der Waals surface area contributed by atoms with Crippen molar-refractivity contribution >= 4 is 0 Å². The molecule has 2 unspecified atom stereocenters. The average Bonchev–Trinajstić information content (AvgIpc) is 2.07. The first-order valence-electron chi connectivity index (χ1n) is 5.97. The Kier molecular flexibility index (Phi) is 5.94. The fraction of sp³-hybridized carbons (Fsp3) is 1.00. The zero-order chi connectivity index (χ0) is 13.0. The van der Waals surface area contributed by atoms with Crippen molar-refractivity contribution in [2.75, 3.05) is 13.2 Å². The molecule has 0 aromatic heterocycles. The SMILES string of the molecule is CC(OCC(C)(C)C)C(C)OCC(C)(C)O. The Bertz CT molecular complexity index is 166. The summed E-state index contributed by atoms with van der Waals surface area (Å²) in [7, 11) is 0. The van der Waals surface area contributed by atoms with Crippen LogP contribution in [0.15, 0.2) is 0 Å². The summed E-state index contributed by atoms with van der Waals surface area (Å²) in [6.07, 6.45) is 0.0374. The van der Waals surface area contributed by atoms with E-state index in [1.54, 1.807) is 13.8 Å². The maximum atomic E-state index is 9.54. The van der Waals surface area contributed by atoms with Gasteiger partial charge in [-0.2, -0.15) is 0 Å². The maximum absolute atomic E-state index is 9.54. The Morgan fingerprint density at radius 1 is 0.875 bits per heavy atom. The Labute approximate surface area is 100 Å². The lowest BCUT2D eigenvalue weighted by Crippen LogP contribution is -2.34. The van der Waals surface area contributed by atoms with E-state index < -0.39 is 5.60 Å². The van der Waals surface area contributed by atoms with E-state index in [0.29, 0.717) is 13.2 Å². The number of ether oxygens (including phenoxy) is 2. The molecule has 0 amide bonds. The van der Waals surface area contributed by atoms with E-state index in [4.69, 9.17) is 9.47 Å². The van der Waals surface area contributed by atoms with Crippen LogP contribution < -0.4 is 0 Å². The average molecular weight is 232 g/mol. The van der Waals surface area contributed by atoms with Gasteiger partial charge in [0, 0.05) is 0 Å². The fourth-order valence-electron chi connectivity index (χ4n) is 0.988. The predicted molar refractivity (Wildman–Crippen MR) is 66.6 cm³/mol. The van der Waals surface area contributed by atoms with Crippen LogP contribution in [0.25, 0.3) is 0 Å². The van der Waals surface area contributed by atoms with Gasteiger partial charge in [-0.3, -0.25) is 0 Å². The van der Waals surface area contributed by atoms with Crippen molar-refractivity contribution in [2.24, 2.45) is 5.41 Å². The van der Waals surface area contributed by atoms with Gasteiger partial charge >= 0.3 is 0 Å². The molecular formula is C13H28O3. The van der Waals surface area contributed by atoms with Gasteiger partial charge in [0.15, 0.2) is 0 Å². The highest BCUT2D eigenvalue weighted by molar-refractivity contribution is 4.68. The lowest BCUT2D eigenvalue weighted by molar-refractivity contribution is -0.107. The van der Waals surface area contributed by atoms with E-state index in [0.717, 1.165) is 0 Å². The summed E-state index contributed by atoms with van der Waals surface area (Å²) in [5.74, 6) is 0. The molecule has 0 aliphatic heterocycles. The van der Waals surface area contributed by atoms with Crippen LogP contribution in [0.4, 0.5) is 0 Å². The Hall–Kier alpha value is -0.120. The molecule has 0 saturated heterocycles. The Morgan fingerprint density at radius 2 is 1.25 bits per heavy atom. The topological polar surface area (TPSA) is 38.7 Å². The van der Waals surface area contributed by atoms with E-state index in [1.165, 1.54) is 0 Å². The van der Waals surface area contributed by atoms with Crippen molar-refractivity contribution in [2.45, 2.75) is 66.3 Å². The highest BCUT2D eigenvalue weighted by Gasteiger charge is 2.20. The molecule has 0 saturated carbocycles. The second kappa shape index (κ2) is 5.99. The summed E-state index contributed by atoms with van der Waals surface area (Å²) < 4.78 is 11.3. The second-order valence-electron chi connectivity index (χ2n) is 6.41. The predicted octanol–water partition coefficient (Wildman–Crippen LogP) is 2.61. The molecule has 0 radical (unpaired) electrons. The van der Waals surface area contributed by atoms with Gasteiger partial charge in [0.05, 0.1) is 31.0 Å². The molecule has 0 fully saturated rings.